The van der Waals surface area contributed by atoms with E-state index in [1.807, 2.05) is 43.3 Å². The molecule has 172 valence electrons. The third-order valence-electron chi connectivity index (χ3n) is 4.58. The summed E-state index contributed by atoms with van der Waals surface area (Å²) in [7, 11) is 0. The highest BCUT2D eigenvalue weighted by molar-refractivity contribution is 6.32. The summed E-state index contributed by atoms with van der Waals surface area (Å²) < 4.78 is 11.5. The van der Waals surface area contributed by atoms with E-state index in [2.05, 4.69) is 5.32 Å². The first-order valence-electron chi connectivity index (χ1n) is 10.2. The van der Waals surface area contributed by atoms with E-state index < -0.39 is 10.8 Å². The summed E-state index contributed by atoms with van der Waals surface area (Å²) in [5, 5.41) is 23.0. The van der Waals surface area contributed by atoms with Gasteiger partial charge in [0.05, 0.1) is 11.5 Å². The monoisotopic (exact) mass is 477 g/mol. The molecule has 0 saturated heterocycles. The first-order valence-corrected chi connectivity index (χ1v) is 10.6. The van der Waals surface area contributed by atoms with E-state index in [4.69, 9.17) is 21.1 Å². The number of rotatable bonds is 9. The molecule has 34 heavy (non-hydrogen) atoms. The van der Waals surface area contributed by atoms with Gasteiger partial charge in [-0.05, 0) is 48.4 Å². The molecule has 3 rings (SSSR count). The molecular formula is C25H20ClN3O5. The molecule has 0 aliphatic rings. The predicted molar refractivity (Wildman–Crippen MR) is 129 cm³/mol. The van der Waals surface area contributed by atoms with Crippen molar-refractivity contribution in [3.05, 3.63) is 98.6 Å². The number of hydrogen-bond acceptors (Lipinski definition) is 6. The lowest BCUT2D eigenvalue weighted by Gasteiger charge is -2.13. The van der Waals surface area contributed by atoms with Crippen molar-refractivity contribution in [2.45, 2.75) is 13.5 Å². The first-order chi connectivity index (χ1) is 16.4. The van der Waals surface area contributed by atoms with Crippen molar-refractivity contribution in [2.75, 3.05) is 11.9 Å². The van der Waals surface area contributed by atoms with Gasteiger partial charge in [-0.2, -0.15) is 5.26 Å². The minimum absolute atomic E-state index is 0.0583. The van der Waals surface area contributed by atoms with Crippen LogP contribution in [0.2, 0.25) is 5.02 Å². The van der Waals surface area contributed by atoms with Crippen molar-refractivity contribution in [1.82, 2.24) is 0 Å². The van der Waals surface area contributed by atoms with Gasteiger partial charge >= 0.3 is 0 Å². The molecule has 0 unspecified atom stereocenters. The lowest BCUT2D eigenvalue weighted by Crippen LogP contribution is -2.13. The van der Waals surface area contributed by atoms with Gasteiger partial charge < -0.3 is 14.8 Å². The number of halogens is 1. The Morgan fingerprint density at radius 1 is 1.12 bits per heavy atom. The highest BCUT2D eigenvalue weighted by atomic mass is 35.5. The molecule has 0 radical (unpaired) electrons. The van der Waals surface area contributed by atoms with Crippen LogP contribution in [0, 0.1) is 21.4 Å². The van der Waals surface area contributed by atoms with Gasteiger partial charge in [0.2, 0.25) is 0 Å². The number of benzene rings is 3. The number of carbonyl (C=O) groups is 1. The van der Waals surface area contributed by atoms with Crippen molar-refractivity contribution >= 4 is 35.0 Å². The Bertz CT molecular complexity index is 1270. The molecule has 0 saturated carbocycles. The smallest absolute Gasteiger partial charge is 0.289 e. The van der Waals surface area contributed by atoms with Gasteiger partial charge in [-0.25, -0.2) is 0 Å². The minimum atomic E-state index is -0.721. The SMILES string of the molecule is CCOc1cc(/C=C(\C#N)C(=O)Nc2ccc(Cl)c([N+](=O)[O-])c2)ccc1OCc1ccccc1. The number of nitro groups is 1. The summed E-state index contributed by atoms with van der Waals surface area (Å²) in [6, 6.07) is 20.4. The van der Waals surface area contributed by atoms with E-state index in [1.54, 1.807) is 18.2 Å². The van der Waals surface area contributed by atoms with Crippen molar-refractivity contribution in [3.8, 4) is 17.6 Å². The number of amides is 1. The van der Waals surface area contributed by atoms with Crippen LogP contribution >= 0.6 is 11.6 Å². The number of nitrogens with zero attached hydrogens (tertiary/aromatic N) is 2. The fourth-order valence-electron chi connectivity index (χ4n) is 2.98. The Hall–Kier alpha value is -4.35. The lowest BCUT2D eigenvalue weighted by atomic mass is 10.1. The fraction of sp³-hybridized carbons (Fsp3) is 0.120. The van der Waals surface area contributed by atoms with Crippen LogP contribution in [0.25, 0.3) is 6.08 Å². The number of carbonyl (C=O) groups excluding carboxylic acids is 1. The number of anilines is 1. The second kappa shape index (κ2) is 11.5. The lowest BCUT2D eigenvalue weighted by molar-refractivity contribution is -0.384. The van der Waals surface area contributed by atoms with E-state index in [0.29, 0.717) is 30.3 Å². The molecule has 9 heteroatoms. The number of nitro benzene ring substituents is 1. The summed E-state index contributed by atoms with van der Waals surface area (Å²) in [6.07, 6.45) is 1.39. The van der Waals surface area contributed by atoms with Crippen LogP contribution < -0.4 is 14.8 Å². The van der Waals surface area contributed by atoms with Gasteiger partial charge in [-0.15, -0.1) is 0 Å². The maximum absolute atomic E-state index is 12.6. The molecular weight excluding hydrogens is 458 g/mol. The van der Waals surface area contributed by atoms with E-state index in [9.17, 15) is 20.2 Å². The van der Waals surface area contributed by atoms with Gasteiger partial charge in [0, 0.05) is 11.8 Å². The predicted octanol–water partition coefficient (Wildman–Crippen LogP) is 5.77. The van der Waals surface area contributed by atoms with Crippen LogP contribution in [0.1, 0.15) is 18.1 Å². The Morgan fingerprint density at radius 2 is 1.88 bits per heavy atom. The molecule has 8 nitrogen and oxygen atoms in total. The molecule has 0 aliphatic carbocycles. The topological polar surface area (TPSA) is 114 Å². The van der Waals surface area contributed by atoms with Gasteiger partial charge in [-0.3, -0.25) is 14.9 Å². The van der Waals surface area contributed by atoms with E-state index >= 15 is 0 Å². The van der Waals surface area contributed by atoms with Crippen molar-refractivity contribution in [2.24, 2.45) is 0 Å². The zero-order valence-corrected chi connectivity index (χ0v) is 18.9. The summed E-state index contributed by atoms with van der Waals surface area (Å²) in [6.45, 7) is 2.59. The number of hydrogen-bond donors (Lipinski definition) is 1. The molecule has 1 amide bonds. The standard InChI is InChI=1S/C25H20ClN3O5/c1-2-33-24-13-18(8-11-23(24)34-16-17-6-4-3-5-7-17)12-19(15-27)25(30)28-20-9-10-21(26)22(14-20)29(31)32/h3-14H,2,16H2,1H3,(H,28,30)/b19-12+. The second-order valence-electron chi connectivity index (χ2n) is 6.96. The van der Waals surface area contributed by atoms with Crippen LogP contribution in [0.4, 0.5) is 11.4 Å². The Morgan fingerprint density at radius 3 is 2.56 bits per heavy atom. The third-order valence-corrected chi connectivity index (χ3v) is 4.90. The van der Waals surface area contributed by atoms with Crippen LogP contribution in [0.3, 0.4) is 0 Å². The Balaban J connectivity index is 1.79. The maximum Gasteiger partial charge on any atom is 0.289 e. The Kier molecular flexibility index (Phi) is 8.21. The van der Waals surface area contributed by atoms with E-state index in [0.717, 1.165) is 11.6 Å². The number of nitrogens with one attached hydrogen (secondary N) is 1. The quantitative estimate of drug-likeness (QED) is 0.181. The van der Waals surface area contributed by atoms with Crippen LogP contribution in [0.5, 0.6) is 11.5 Å². The number of ether oxygens (including phenoxy) is 2. The van der Waals surface area contributed by atoms with Crippen molar-refractivity contribution in [3.63, 3.8) is 0 Å². The molecule has 0 fully saturated rings. The molecule has 0 heterocycles. The summed E-state index contributed by atoms with van der Waals surface area (Å²) in [5.41, 5.74) is 1.14. The molecule has 0 aromatic heterocycles. The maximum atomic E-state index is 12.6. The Labute approximate surface area is 201 Å². The summed E-state index contributed by atoms with van der Waals surface area (Å²) in [5.74, 6) is 0.277. The zero-order chi connectivity index (χ0) is 24.5. The molecule has 0 spiro atoms. The third kappa shape index (κ3) is 6.34. The van der Waals surface area contributed by atoms with Crippen LogP contribution in [-0.4, -0.2) is 17.4 Å². The molecule has 0 aliphatic heterocycles. The van der Waals surface area contributed by atoms with Crippen LogP contribution in [-0.2, 0) is 11.4 Å². The molecule has 3 aromatic rings. The summed E-state index contributed by atoms with van der Waals surface area (Å²) in [4.78, 5) is 23.0. The summed E-state index contributed by atoms with van der Waals surface area (Å²) >= 11 is 5.80. The molecule has 0 bridgehead atoms. The number of nitriles is 1. The van der Waals surface area contributed by atoms with E-state index in [-0.39, 0.29) is 22.0 Å². The highest BCUT2D eigenvalue weighted by Crippen LogP contribution is 2.31. The molecule has 0 atom stereocenters. The molecule has 3 aromatic carbocycles. The highest BCUT2D eigenvalue weighted by Gasteiger charge is 2.16. The minimum Gasteiger partial charge on any atom is -0.490 e. The molecule has 1 N–H and O–H groups in total. The second-order valence-corrected chi connectivity index (χ2v) is 7.37. The fourth-order valence-corrected chi connectivity index (χ4v) is 3.17. The largest absolute Gasteiger partial charge is 0.490 e. The van der Waals surface area contributed by atoms with Crippen molar-refractivity contribution in [1.29, 1.82) is 5.26 Å². The van der Waals surface area contributed by atoms with Crippen LogP contribution in [0.15, 0.2) is 72.3 Å². The zero-order valence-electron chi connectivity index (χ0n) is 18.2. The van der Waals surface area contributed by atoms with Crippen molar-refractivity contribution < 1.29 is 19.2 Å². The van der Waals surface area contributed by atoms with Gasteiger partial charge in [0.25, 0.3) is 11.6 Å². The van der Waals surface area contributed by atoms with Gasteiger partial charge in [0.15, 0.2) is 11.5 Å². The van der Waals surface area contributed by atoms with E-state index in [1.165, 1.54) is 18.2 Å². The average molecular weight is 478 g/mol. The van der Waals surface area contributed by atoms with Gasteiger partial charge in [-0.1, -0.05) is 48.0 Å². The van der Waals surface area contributed by atoms with Gasteiger partial charge in [0.1, 0.15) is 23.3 Å². The first kappa shape index (κ1) is 24.3. The average Bonchev–Trinajstić information content (AvgIpc) is 2.83. The normalized spacial score (nSPS) is 10.8.